The van der Waals surface area contributed by atoms with Crippen LogP contribution in [0.2, 0.25) is 0 Å². The van der Waals surface area contributed by atoms with Gasteiger partial charge in [0.1, 0.15) is 6.54 Å². The highest BCUT2D eigenvalue weighted by molar-refractivity contribution is 5.94. The number of amides is 5. The van der Waals surface area contributed by atoms with Crippen molar-refractivity contribution < 1.29 is 52.2 Å². The predicted octanol–water partition coefficient (Wildman–Crippen LogP) is 7.87. The highest BCUT2D eigenvalue weighted by Gasteiger charge is 2.57. The first kappa shape index (κ1) is 56.6. The van der Waals surface area contributed by atoms with Gasteiger partial charge in [-0.1, -0.05) is 73.5 Å². The Morgan fingerprint density at radius 3 is 1.43 bits per heavy atom. The molecule has 4 aliphatic carbocycles. The van der Waals surface area contributed by atoms with E-state index >= 15 is 0 Å². The summed E-state index contributed by atoms with van der Waals surface area (Å²) in [5, 5.41) is 19.0. The molecule has 9 rings (SSSR count). The molecule has 0 radical (unpaired) electrons. The zero-order valence-electron chi connectivity index (χ0n) is 44.1. The number of ketones is 1. The van der Waals surface area contributed by atoms with Gasteiger partial charge >= 0.3 is 30.2 Å². The molecule has 0 atom stereocenters. The number of Topliss-reactive ketones (excluding diaryl/α,β-unsaturated/α-hetero) is 1. The molecule has 2 spiro atoms. The topological polar surface area (TPSA) is 187 Å². The molecule has 3 heterocycles. The van der Waals surface area contributed by atoms with E-state index in [1.54, 1.807) is 35.2 Å². The summed E-state index contributed by atoms with van der Waals surface area (Å²) in [5.41, 5.74) is 3.14. The summed E-state index contributed by atoms with van der Waals surface area (Å²) in [5.74, 6) is -2.82. The second kappa shape index (κ2) is 23.4. The molecule has 4 saturated carbocycles. The minimum absolute atomic E-state index is 0.000570. The Balaban J connectivity index is 0.000000200. The third kappa shape index (κ3) is 12.5. The maximum Gasteiger partial charge on any atom is 0.490 e. The molecule has 2 aromatic carbocycles. The summed E-state index contributed by atoms with van der Waals surface area (Å²) in [7, 11) is 10.2. The maximum atomic E-state index is 13.8. The summed E-state index contributed by atoms with van der Waals surface area (Å²) in [6.07, 6.45) is 11.3. The number of carbonyl (C=O) groups is 6. The summed E-state index contributed by atoms with van der Waals surface area (Å²) in [4.78, 5) is 88.8. The quantitative estimate of drug-likeness (QED) is 0.135. The number of hydrogen-bond acceptors (Lipinski definition) is 9. The number of pyridine rings is 1. The Morgan fingerprint density at radius 1 is 0.667 bits per heavy atom. The molecule has 5 amide bonds. The molecule has 1 aromatic heterocycles. The Labute approximate surface area is 438 Å². The number of carboxylic acid groups (broad SMARTS) is 2. The molecule has 0 unspecified atom stereocenters. The van der Waals surface area contributed by atoms with Gasteiger partial charge in [-0.15, -0.1) is 0 Å². The van der Waals surface area contributed by atoms with Gasteiger partial charge in [0.15, 0.2) is 5.78 Å². The van der Waals surface area contributed by atoms with E-state index in [1.165, 1.54) is 49.7 Å². The largest absolute Gasteiger partial charge is 0.490 e. The van der Waals surface area contributed by atoms with Crippen LogP contribution in [0, 0.1) is 11.8 Å². The standard InChI is InChI=1S/C31H41N5O3.C23H33N3O3.C2HF3O2/c1-32-28(38)24-12-17-33-26(18-24)19-27(37)21-35-22-30(36(29(35)39)20-23-8-7-9-23)13-15-31(16-14-30,34(2)3)25-10-5-4-6-11-25;1-24(2)23(19-9-4-3-5-10-19)13-11-22(12-14-23)17-25(16-20(27)28)21(29)26(22)15-18-7-6-8-18;3-2(4,5)1(6)7/h4-6,10-12,17-18,23H,7-9,13-16,19-22H2,1-3H3,(H,32,38);3-5,9-10,18H,6-8,11-17H2,1-2H3,(H,27,28);(H,6,7). The number of halogens is 3. The van der Waals surface area contributed by atoms with E-state index in [9.17, 15) is 42.3 Å². The molecule has 408 valence electrons. The second-order valence-corrected chi connectivity index (χ2v) is 22.2. The average Bonchev–Trinajstić information content (AvgIpc) is 3.74. The van der Waals surface area contributed by atoms with Crippen LogP contribution in [-0.4, -0.2) is 172 Å². The van der Waals surface area contributed by atoms with E-state index in [0.717, 1.165) is 64.5 Å². The first-order chi connectivity index (χ1) is 35.6. The fourth-order valence-electron chi connectivity index (χ4n) is 12.5. The van der Waals surface area contributed by atoms with Gasteiger partial charge in [0.05, 0.1) is 24.0 Å². The van der Waals surface area contributed by atoms with E-state index in [1.807, 2.05) is 0 Å². The normalized spacial score (nSPS) is 25.9. The Hall–Kier alpha value is -6.08. The van der Waals surface area contributed by atoms with E-state index in [2.05, 4.69) is 119 Å². The van der Waals surface area contributed by atoms with Gasteiger partial charge in [0.2, 0.25) is 0 Å². The average molecular weight is 1050 g/mol. The van der Waals surface area contributed by atoms with Crippen molar-refractivity contribution in [1.29, 1.82) is 0 Å². The highest BCUT2D eigenvalue weighted by atomic mass is 19.4. The van der Waals surface area contributed by atoms with Crippen molar-refractivity contribution in [2.75, 3.05) is 74.5 Å². The number of hydrogen-bond donors (Lipinski definition) is 3. The third-order valence-corrected chi connectivity index (χ3v) is 17.4. The number of benzene rings is 2. The van der Waals surface area contributed by atoms with Crippen molar-refractivity contribution in [3.05, 3.63) is 101 Å². The Bertz CT molecular complexity index is 2490. The van der Waals surface area contributed by atoms with Gasteiger partial charge < -0.3 is 35.1 Å². The molecule has 75 heavy (non-hydrogen) atoms. The van der Waals surface area contributed by atoms with Gasteiger partial charge in [-0.25, -0.2) is 14.4 Å². The number of aliphatic carboxylic acids is 2. The lowest BCUT2D eigenvalue weighted by Crippen LogP contribution is -2.56. The molecule has 6 aliphatic rings. The van der Waals surface area contributed by atoms with E-state index in [4.69, 9.17) is 9.90 Å². The molecular formula is C56H75F3N8O8. The van der Waals surface area contributed by atoms with Crippen LogP contribution in [0.5, 0.6) is 0 Å². The van der Waals surface area contributed by atoms with Gasteiger partial charge in [-0.3, -0.25) is 29.2 Å². The lowest BCUT2D eigenvalue weighted by molar-refractivity contribution is -0.192. The Kier molecular flexibility index (Phi) is 17.7. The van der Waals surface area contributed by atoms with Crippen LogP contribution >= 0.6 is 0 Å². The zero-order chi connectivity index (χ0) is 54.3. The van der Waals surface area contributed by atoms with Crippen LogP contribution in [0.3, 0.4) is 0 Å². The van der Waals surface area contributed by atoms with Crippen molar-refractivity contribution in [2.24, 2.45) is 11.8 Å². The van der Waals surface area contributed by atoms with Gasteiger partial charge in [-0.05, 0) is 140 Å². The number of alkyl halides is 3. The fraction of sp³-hybridized carbons (Fsp3) is 0.589. The van der Waals surface area contributed by atoms with Crippen LogP contribution < -0.4 is 5.32 Å². The molecule has 16 nitrogen and oxygen atoms in total. The summed E-state index contributed by atoms with van der Waals surface area (Å²) in [6.45, 7) is 2.59. The molecule has 3 aromatic rings. The van der Waals surface area contributed by atoms with Crippen molar-refractivity contribution in [2.45, 2.75) is 125 Å². The van der Waals surface area contributed by atoms with Crippen LogP contribution in [0.15, 0.2) is 79.0 Å². The molecule has 2 saturated heterocycles. The van der Waals surface area contributed by atoms with E-state index in [-0.39, 0.29) is 65.4 Å². The first-order valence-electron chi connectivity index (χ1n) is 26.4. The minimum Gasteiger partial charge on any atom is -0.480 e. The SMILES string of the molecule is CN(C)C1(c2ccccc2)CCC2(CC1)CN(CC(=O)O)C(=O)N2CC1CCC1.CNC(=O)c1ccnc(CC(=O)CN2CC3(CCC(c4ccccc4)(N(C)C)CC3)N(CC3CCC3)C2=O)c1.O=C(O)C(F)(F)F. The lowest BCUT2D eigenvalue weighted by Gasteiger charge is -2.51. The number of nitrogens with one attached hydrogen (secondary N) is 1. The Morgan fingerprint density at radius 2 is 1.08 bits per heavy atom. The number of carboxylic acids is 2. The first-order valence-corrected chi connectivity index (χ1v) is 26.4. The van der Waals surface area contributed by atoms with Crippen molar-refractivity contribution in [1.82, 2.24) is 39.7 Å². The third-order valence-electron chi connectivity index (χ3n) is 17.4. The zero-order valence-corrected chi connectivity index (χ0v) is 44.1. The van der Waals surface area contributed by atoms with Crippen LogP contribution in [0.1, 0.15) is 117 Å². The van der Waals surface area contributed by atoms with Crippen LogP contribution in [0.4, 0.5) is 22.8 Å². The lowest BCUT2D eigenvalue weighted by atomic mass is 9.68. The van der Waals surface area contributed by atoms with Gasteiger partial charge in [-0.2, -0.15) is 13.2 Å². The predicted molar refractivity (Wildman–Crippen MR) is 276 cm³/mol. The van der Waals surface area contributed by atoms with Crippen molar-refractivity contribution in [3.8, 4) is 0 Å². The number of carbonyl (C=O) groups excluding carboxylic acids is 4. The molecule has 0 bridgehead atoms. The van der Waals surface area contributed by atoms with E-state index in [0.29, 0.717) is 36.2 Å². The molecular weight excluding hydrogens is 970 g/mol. The van der Waals surface area contributed by atoms with Crippen LogP contribution in [-0.2, 0) is 31.9 Å². The monoisotopic (exact) mass is 1040 g/mol. The maximum absolute atomic E-state index is 13.8. The molecule has 6 fully saturated rings. The summed E-state index contributed by atoms with van der Waals surface area (Å²) < 4.78 is 31.7. The highest BCUT2D eigenvalue weighted by Crippen LogP contribution is 2.51. The van der Waals surface area contributed by atoms with Crippen LogP contribution in [0.25, 0.3) is 0 Å². The van der Waals surface area contributed by atoms with E-state index < -0.39 is 18.1 Å². The van der Waals surface area contributed by atoms with Gasteiger partial charge in [0, 0.05) is 61.8 Å². The number of nitrogens with zero attached hydrogens (tertiary/aromatic N) is 7. The second-order valence-electron chi connectivity index (χ2n) is 22.2. The van der Waals surface area contributed by atoms with Crippen molar-refractivity contribution in [3.63, 3.8) is 0 Å². The smallest absolute Gasteiger partial charge is 0.480 e. The number of urea groups is 2. The minimum atomic E-state index is -5.08. The molecule has 3 N–H and O–H groups in total. The number of rotatable bonds is 15. The van der Waals surface area contributed by atoms with Gasteiger partial charge in [0.25, 0.3) is 5.91 Å². The summed E-state index contributed by atoms with van der Waals surface area (Å²) in [6, 6.07) is 24.6. The molecule has 19 heteroatoms. The summed E-state index contributed by atoms with van der Waals surface area (Å²) >= 11 is 0. The molecule has 2 aliphatic heterocycles. The fourth-order valence-corrected chi connectivity index (χ4v) is 12.5. The van der Waals surface area contributed by atoms with Crippen molar-refractivity contribution >= 4 is 35.7 Å². The number of aromatic nitrogens is 1.